The second-order valence-corrected chi connectivity index (χ2v) is 3.38. The topological polar surface area (TPSA) is 96.8 Å². The molecule has 6 nitrogen and oxygen atoms in total. The number of aromatic hydroxyl groups is 1. The average Bonchev–Trinajstić information content (AvgIpc) is 2.42. The Kier molecular flexibility index (Phi) is 3.60. The summed E-state index contributed by atoms with van der Waals surface area (Å²) >= 11 is 0. The lowest BCUT2D eigenvalue weighted by atomic mass is 10.2. The van der Waals surface area contributed by atoms with Gasteiger partial charge in [-0.3, -0.25) is 4.98 Å². The number of nitrogens with zero attached hydrogens (tertiary/aromatic N) is 4. The van der Waals surface area contributed by atoms with Crippen LogP contribution < -0.4 is 5.73 Å². The lowest BCUT2D eigenvalue weighted by Crippen LogP contribution is -2.14. The minimum atomic E-state index is 0.134. The number of nitrogens with two attached hydrogens (primary N) is 1. The molecule has 2 aromatic rings. The maximum Gasteiger partial charge on any atom is 0.173 e. The van der Waals surface area contributed by atoms with Gasteiger partial charge in [-0.25, -0.2) is 4.98 Å². The minimum Gasteiger partial charge on any atom is -0.507 e. The smallest absolute Gasteiger partial charge is 0.173 e. The van der Waals surface area contributed by atoms with E-state index < -0.39 is 0 Å². The van der Waals surface area contributed by atoms with E-state index in [9.17, 15) is 5.11 Å². The van der Waals surface area contributed by atoms with E-state index in [2.05, 4.69) is 20.2 Å². The number of para-hydroxylation sites is 1. The summed E-state index contributed by atoms with van der Waals surface area (Å²) in [6, 6.07) is 6.80. The van der Waals surface area contributed by atoms with E-state index in [1.807, 2.05) is 0 Å². The Morgan fingerprint density at radius 2 is 2.11 bits per heavy atom. The van der Waals surface area contributed by atoms with Gasteiger partial charge in [-0.15, -0.1) is 5.10 Å². The second-order valence-electron chi connectivity index (χ2n) is 3.38. The highest BCUT2D eigenvalue weighted by Crippen LogP contribution is 2.12. The molecule has 3 N–H and O–H groups in total. The normalized spacial score (nSPS) is 11.9. The number of aromatic nitrogens is 2. The first-order chi connectivity index (χ1) is 8.77. The standard InChI is InChI=1S/C12H11N5O/c13-12(10-8-14-5-6-15-10)17-16-7-9-3-1-2-4-11(9)18/h1-8,18H,(H2,13,17)/b16-7+. The predicted molar refractivity (Wildman–Crippen MR) is 68.5 cm³/mol. The molecular weight excluding hydrogens is 230 g/mol. The number of hydrogen-bond donors (Lipinski definition) is 2. The van der Waals surface area contributed by atoms with Crippen LogP contribution in [-0.4, -0.2) is 27.1 Å². The van der Waals surface area contributed by atoms with E-state index >= 15 is 0 Å². The van der Waals surface area contributed by atoms with Crippen molar-refractivity contribution in [3.05, 3.63) is 54.1 Å². The maximum absolute atomic E-state index is 9.50. The Labute approximate surface area is 104 Å². The van der Waals surface area contributed by atoms with Crippen LogP contribution in [0.15, 0.2) is 53.1 Å². The van der Waals surface area contributed by atoms with Gasteiger partial charge >= 0.3 is 0 Å². The fourth-order valence-electron chi connectivity index (χ4n) is 1.23. The first-order valence-corrected chi connectivity index (χ1v) is 5.18. The molecule has 0 spiro atoms. The van der Waals surface area contributed by atoms with Crippen LogP contribution >= 0.6 is 0 Å². The van der Waals surface area contributed by atoms with Crippen LogP contribution in [0.2, 0.25) is 0 Å². The number of phenols is 1. The van der Waals surface area contributed by atoms with Gasteiger partial charge in [0, 0.05) is 18.0 Å². The molecule has 18 heavy (non-hydrogen) atoms. The Morgan fingerprint density at radius 1 is 1.28 bits per heavy atom. The number of phenolic OH excluding ortho intramolecular Hbond substituents is 1. The van der Waals surface area contributed by atoms with E-state index in [0.717, 1.165) is 0 Å². The molecule has 2 rings (SSSR count). The van der Waals surface area contributed by atoms with Gasteiger partial charge in [-0.2, -0.15) is 5.10 Å². The van der Waals surface area contributed by atoms with E-state index in [0.29, 0.717) is 11.3 Å². The summed E-state index contributed by atoms with van der Waals surface area (Å²) in [5, 5.41) is 17.1. The van der Waals surface area contributed by atoms with Gasteiger partial charge in [0.15, 0.2) is 5.84 Å². The van der Waals surface area contributed by atoms with Crippen LogP contribution in [0.3, 0.4) is 0 Å². The molecule has 0 unspecified atom stereocenters. The average molecular weight is 241 g/mol. The van der Waals surface area contributed by atoms with E-state index in [4.69, 9.17) is 5.73 Å². The molecule has 0 radical (unpaired) electrons. The van der Waals surface area contributed by atoms with Gasteiger partial charge in [0.2, 0.25) is 0 Å². The Morgan fingerprint density at radius 3 is 2.83 bits per heavy atom. The largest absolute Gasteiger partial charge is 0.507 e. The van der Waals surface area contributed by atoms with Gasteiger partial charge in [-0.05, 0) is 12.1 Å². The highest BCUT2D eigenvalue weighted by molar-refractivity contribution is 5.95. The Bertz CT molecular complexity index is 580. The number of amidine groups is 1. The molecule has 90 valence electrons. The zero-order valence-electron chi connectivity index (χ0n) is 9.43. The predicted octanol–water partition coefficient (Wildman–Crippen LogP) is 0.922. The zero-order valence-corrected chi connectivity index (χ0v) is 9.43. The molecule has 0 atom stereocenters. The maximum atomic E-state index is 9.50. The first kappa shape index (κ1) is 11.7. The number of benzene rings is 1. The van der Waals surface area contributed by atoms with Crippen molar-refractivity contribution in [1.29, 1.82) is 0 Å². The van der Waals surface area contributed by atoms with Gasteiger partial charge < -0.3 is 10.8 Å². The lowest BCUT2D eigenvalue weighted by Gasteiger charge is -1.96. The Hall–Kier alpha value is -2.76. The molecule has 0 saturated carbocycles. The Balaban J connectivity index is 2.14. The van der Waals surface area contributed by atoms with Crippen molar-refractivity contribution in [2.24, 2.45) is 15.9 Å². The summed E-state index contributed by atoms with van der Waals surface area (Å²) in [5.74, 6) is 0.296. The molecular formula is C12H11N5O. The molecule has 0 saturated heterocycles. The minimum absolute atomic E-state index is 0.134. The van der Waals surface area contributed by atoms with E-state index in [1.165, 1.54) is 18.6 Å². The van der Waals surface area contributed by atoms with Crippen molar-refractivity contribution in [2.45, 2.75) is 0 Å². The van der Waals surface area contributed by atoms with Gasteiger partial charge in [0.05, 0.1) is 12.4 Å². The summed E-state index contributed by atoms with van der Waals surface area (Å²) in [5.41, 5.74) is 6.68. The van der Waals surface area contributed by atoms with Crippen LogP contribution in [0, 0.1) is 0 Å². The first-order valence-electron chi connectivity index (χ1n) is 5.18. The van der Waals surface area contributed by atoms with Gasteiger partial charge in [0.25, 0.3) is 0 Å². The van der Waals surface area contributed by atoms with Crippen LogP contribution in [0.25, 0.3) is 0 Å². The third-order valence-corrected chi connectivity index (χ3v) is 2.12. The SMILES string of the molecule is N/C(=N/N=C/c1ccccc1O)c1cnccn1. The second kappa shape index (κ2) is 5.53. The van der Waals surface area contributed by atoms with Crippen molar-refractivity contribution in [2.75, 3.05) is 0 Å². The molecule has 0 fully saturated rings. The van der Waals surface area contributed by atoms with Crippen molar-refractivity contribution < 1.29 is 5.11 Å². The molecule has 0 aliphatic rings. The quantitative estimate of drug-likeness (QED) is 0.474. The van der Waals surface area contributed by atoms with E-state index in [-0.39, 0.29) is 11.6 Å². The molecule has 0 aliphatic heterocycles. The molecule has 1 aromatic carbocycles. The fourth-order valence-corrected chi connectivity index (χ4v) is 1.23. The zero-order chi connectivity index (χ0) is 12.8. The lowest BCUT2D eigenvalue weighted by molar-refractivity contribution is 0.474. The van der Waals surface area contributed by atoms with Gasteiger partial charge in [0.1, 0.15) is 11.4 Å². The molecule has 1 heterocycles. The highest BCUT2D eigenvalue weighted by Gasteiger charge is 1.98. The fraction of sp³-hybridized carbons (Fsp3) is 0. The summed E-state index contributed by atoms with van der Waals surface area (Å²) in [7, 11) is 0. The third kappa shape index (κ3) is 2.88. The van der Waals surface area contributed by atoms with Crippen molar-refractivity contribution in [1.82, 2.24) is 9.97 Å². The highest BCUT2D eigenvalue weighted by atomic mass is 16.3. The summed E-state index contributed by atoms with van der Waals surface area (Å²) < 4.78 is 0. The molecule has 0 amide bonds. The molecule has 1 aromatic heterocycles. The van der Waals surface area contributed by atoms with Crippen LogP contribution in [0.5, 0.6) is 5.75 Å². The van der Waals surface area contributed by atoms with Gasteiger partial charge in [-0.1, -0.05) is 12.1 Å². The third-order valence-electron chi connectivity index (χ3n) is 2.12. The summed E-state index contributed by atoms with van der Waals surface area (Å²) in [6.45, 7) is 0. The molecule has 0 bridgehead atoms. The van der Waals surface area contributed by atoms with E-state index in [1.54, 1.807) is 30.5 Å². The monoisotopic (exact) mass is 241 g/mol. The van der Waals surface area contributed by atoms with Crippen molar-refractivity contribution in [3.8, 4) is 5.75 Å². The molecule has 0 aliphatic carbocycles. The number of hydrogen-bond acceptors (Lipinski definition) is 5. The molecule has 6 heteroatoms. The van der Waals surface area contributed by atoms with Crippen molar-refractivity contribution >= 4 is 12.1 Å². The van der Waals surface area contributed by atoms with Crippen LogP contribution in [-0.2, 0) is 0 Å². The summed E-state index contributed by atoms with van der Waals surface area (Å²) in [6.07, 6.45) is 5.97. The van der Waals surface area contributed by atoms with Crippen molar-refractivity contribution in [3.63, 3.8) is 0 Å². The van der Waals surface area contributed by atoms with Crippen LogP contribution in [0.1, 0.15) is 11.3 Å². The summed E-state index contributed by atoms with van der Waals surface area (Å²) in [4.78, 5) is 7.85. The number of rotatable bonds is 3. The van der Waals surface area contributed by atoms with Crippen LogP contribution in [0.4, 0.5) is 0 Å².